The number of benzene rings is 4. The molecule has 0 aromatic heterocycles. The summed E-state index contributed by atoms with van der Waals surface area (Å²) < 4.78 is 6.68. The van der Waals surface area contributed by atoms with Gasteiger partial charge in [0.25, 0.3) is 5.91 Å². The van der Waals surface area contributed by atoms with E-state index in [1.807, 2.05) is 54.6 Å². The van der Waals surface area contributed by atoms with Gasteiger partial charge in [0.2, 0.25) is 11.8 Å². The molecule has 240 valence electrons. The topological polar surface area (TPSA) is 108 Å². The summed E-state index contributed by atoms with van der Waals surface area (Å²) in [6.07, 6.45) is 0.0420. The fraction of sp³-hybridized carbons (Fsp3) is 0.257. The molecule has 9 nitrogen and oxygen atoms in total. The first kappa shape index (κ1) is 34.6. The molecule has 0 fully saturated rings. The molecule has 1 aliphatic rings. The maximum absolute atomic E-state index is 14.4. The van der Waals surface area contributed by atoms with Gasteiger partial charge in [-0.05, 0) is 67.6 Å². The van der Waals surface area contributed by atoms with Crippen LogP contribution in [0.1, 0.15) is 35.3 Å². The van der Waals surface area contributed by atoms with Crippen molar-refractivity contribution in [2.45, 2.75) is 38.9 Å². The van der Waals surface area contributed by atoms with Gasteiger partial charge in [-0.3, -0.25) is 19.2 Å². The lowest BCUT2D eigenvalue weighted by atomic mass is 10.0. The van der Waals surface area contributed by atoms with Gasteiger partial charge in [-0.15, -0.1) is 12.4 Å². The number of amides is 3. The molecular weight excluding hydrogens is 672 g/mol. The van der Waals surface area contributed by atoms with E-state index in [4.69, 9.17) is 4.74 Å². The summed E-state index contributed by atoms with van der Waals surface area (Å²) in [6, 6.07) is 22.4. The molecule has 3 amide bonds. The minimum atomic E-state index is -1.03. The lowest BCUT2D eigenvalue weighted by Gasteiger charge is -2.27. The average molecular weight is 708 g/mol. The highest BCUT2D eigenvalue weighted by Crippen LogP contribution is 2.37. The molecule has 1 heterocycles. The van der Waals surface area contributed by atoms with Crippen LogP contribution in [-0.2, 0) is 27.3 Å². The third-order valence-electron chi connectivity index (χ3n) is 8.14. The first-order valence-electron chi connectivity index (χ1n) is 14.6. The molecule has 0 bridgehead atoms. The highest BCUT2D eigenvalue weighted by molar-refractivity contribution is 9.10. The van der Waals surface area contributed by atoms with Crippen LogP contribution in [-0.4, -0.2) is 56.3 Å². The summed E-state index contributed by atoms with van der Waals surface area (Å²) in [5, 5.41) is 7.68. The number of halogens is 2. The normalized spacial score (nSPS) is 15.0. The van der Waals surface area contributed by atoms with E-state index >= 15 is 0 Å². The average Bonchev–Trinajstić information content (AvgIpc) is 3.15. The van der Waals surface area contributed by atoms with Crippen molar-refractivity contribution in [1.29, 1.82) is 0 Å². The molecule has 0 saturated carbocycles. The van der Waals surface area contributed by atoms with Gasteiger partial charge in [-0.25, -0.2) is 0 Å². The van der Waals surface area contributed by atoms with Gasteiger partial charge < -0.3 is 25.2 Å². The Morgan fingerprint density at radius 2 is 1.70 bits per heavy atom. The molecule has 46 heavy (non-hydrogen) atoms. The highest BCUT2D eigenvalue weighted by Gasteiger charge is 2.37. The van der Waals surface area contributed by atoms with Crippen LogP contribution in [0, 0.1) is 0 Å². The van der Waals surface area contributed by atoms with E-state index in [9.17, 15) is 19.2 Å². The van der Waals surface area contributed by atoms with Gasteiger partial charge in [0.15, 0.2) is 5.78 Å². The van der Waals surface area contributed by atoms with Crippen molar-refractivity contribution in [3.05, 3.63) is 100 Å². The van der Waals surface area contributed by atoms with E-state index in [0.717, 1.165) is 26.4 Å². The number of ether oxygens (including phenoxy) is 1. The number of carbonyl (C=O) groups is 4. The van der Waals surface area contributed by atoms with Crippen molar-refractivity contribution in [1.82, 2.24) is 10.6 Å². The quantitative estimate of drug-likeness (QED) is 0.224. The van der Waals surface area contributed by atoms with E-state index in [0.29, 0.717) is 22.7 Å². The van der Waals surface area contributed by atoms with Crippen LogP contribution < -0.4 is 25.2 Å². The Labute approximate surface area is 282 Å². The smallest absolute Gasteiger partial charge is 0.251 e. The molecule has 2 atom stereocenters. The summed E-state index contributed by atoms with van der Waals surface area (Å²) in [4.78, 5) is 56.5. The molecule has 0 aliphatic carbocycles. The van der Waals surface area contributed by atoms with Crippen LogP contribution in [0.25, 0.3) is 10.8 Å². The predicted octanol–water partition coefficient (Wildman–Crippen LogP) is 5.45. The summed E-state index contributed by atoms with van der Waals surface area (Å²) >= 11 is 3.54. The molecule has 4 aromatic carbocycles. The number of nitrogens with zero attached hydrogens (tertiary/aromatic N) is 2. The van der Waals surface area contributed by atoms with Crippen molar-refractivity contribution in [3.63, 3.8) is 0 Å². The number of anilines is 2. The molecule has 2 N–H and O–H groups in total. The Bertz CT molecular complexity index is 1780. The minimum absolute atomic E-state index is 0. The number of likely N-dealkylation sites (N-methyl/N-ethyl adjacent to an activating group) is 1. The van der Waals surface area contributed by atoms with Crippen molar-refractivity contribution in [2.24, 2.45) is 0 Å². The molecule has 0 radical (unpaired) electrons. The molecule has 4 aromatic rings. The van der Waals surface area contributed by atoms with Crippen molar-refractivity contribution >= 4 is 74.0 Å². The zero-order valence-corrected chi connectivity index (χ0v) is 28.4. The fourth-order valence-corrected chi connectivity index (χ4v) is 5.88. The molecule has 0 spiro atoms. The Balaban J connectivity index is 0.00000480. The van der Waals surface area contributed by atoms with E-state index < -0.39 is 12.1 Å². The van der Waals surface area contributed by atoms with Gasteiger partial charge in [0.1, 0.15) is 11.8 Å². The number of fused-ring (bicyclic) bond motifs is 2. The molecule has 0 unspecified atom stereocenters. The zero-order chi connectivity index (χ0) is 32.2. The van der Waals surface area contributed by atoms with Crippen molar-refractivity contribution in [2.75, 3.05) is 30.5 Å². The first-order valence-corrected chi connectivity index (χ1v) is 15.4. The van der Waals surface area contributed by atoms with Crippen LogP contribution in [0.15, 0.2) is 83.3 Å². The number of ketones is 1. The lowest BCUT2D eigenvalue weighted by molar-refractivity contribution is -0.128. The minimum Gasteiger partial charge on any atom is -0.496 e. The SMILES string of the molecule is CN[C@@H](C)C(=O)N[C@H]1CN(C(=O)Cc2ccc(C(C)=O)cc2)c2ccccc2N(Cc2c(OC)ccc3cc(Br)ccc23)C1=O.Cl. The summed E-state index contributed by atoms with van der Waals surface area (Å²) in [5.41, 5.74) is 3.18. The van der Waals surface area contributed by atoms with Gasteiger partial charge in [0, 0.05) is 15.6 Å². The highest BCUT2D eigenvalue weighted by atomic mass is 79.9. The summed E-state index contributed by atoms with van der Waals surface area (Å²) in [5.74, 6) is -0.400. The molecule has 1 aliphatic heterocycles. The van der Waals surface area contributed by atoms with Crippen LogP contribution in [0.4, 0.5) is 11.4 Å². The second-order valence-corrected chi connectivity index (χ2v) is 11.9. The van der Waals surface area contributed by atoms with Crippen molar-refractivity contribution in [3.8, 4) is 5.75 Å². The molecular formula is C35H36BrClN4O5. The summed E-state index contributed by atoms with van der Waals surface area (Å²) in [6.45, 7) is 3.28. The van der Waals surface area contributed by atoms with Gasteiger partial charge in [-0.2, -0.15) is 0 Å². The Morgan fingerprint density at radius 3 is 2.35 bits per heavy atom. The number of nitrogens with one attached hydrogen (secondary N) is 2. The number of hydrogen-bond acceptors (Lipinski definition) is 6. The Kier molecular flexibility index (Phi) is 11.2. The number of carbonyl (C=O) groups excluding carboxylic acids is 4. The second kappa shape index (κ2) is 14.9. The molecule has 5 rings (SSSR count). The maximum atomic E-state index is 14.4. The Morgan fingerprint density at radius 1 is 1.00 bits per heavy atom. The van der Waals surface area contributed by atoms with Crippen LogP contribution >= 0.6 is 28.3 Å². The van der Waals surface area contributed by atoms with E-state index in [1.165, 1.54) is 6.92 Å². The second-order valence-electron chi connectivity index (χ2n) is 11.0. The lowest BCUT2D eigenvalue weighted by Crippen LogP contribution is -2.55. The van der Waals surface area contributed by atoms with Crippen LogP contribution in [0.2, 0.25) is 0 Å². The van der Waals surface area contributed by atoms with E-state index in [-0.39, 0.29) is 55.4 Å². The van der Waals surface area contributed by atoms with Crippen molar-refractivity contribution < 1.29 is 23.9 Å². The van der Waals surface area contributed by atoms with E-state index in [1.54, 1.807) is 55.1 Å². The molecule has 0 saturated heterocycles. The maximum Gasteiger partial charge on any atom is 0.251 e. The third-order valence-corrected chi connectivity index (χ3v) is 8.63. The molecule has 11 heteroatoms. The van der Waals surface area contributed by atoms with Gasteiger partial charge in [-0.1, -0.05) is 64.5 Å². The monoisotopic (exact) mass is 706 g/mol. The largest absolute Gasteiger partial charge is 0.496 e. The first-order chi connectivity index (χ1) is 21.6. The van der Waals surface area contributed by atoms with Crippen LogP contribution in [0.5, 0.6) is 5.75 Å². The van der Waals surface area contributed by atoms with Gasteiger partial charge >= 0.3 is 0 Å². The van der Waals surface area contributed by atoms with Crippen LogP contribution in [0.3, 0.4) is 0 Å². The van der Waals surface area contributed by atoms with E-state index in [2.05, 4.69) is 26.6 Å². The fourth-order valence-electron chi connectivity index (χ4n) is 5.51. The summed E-state index contributed by atoms with van der Waals surface area (Å²) in [7, 11) is 3.26. The number of para-hydroxylation sites is 2. The zero-order valence-electron chi connectivity index (χ0n) is 26.0. The number of methoxy groups -OCH3 is 1. The number of Topliss-reactive ketones (excluding diaryl/α,β-unsaturated/α-hetero) is 1. The predicted molar refractivity (Wildman–Crippen MR) is 186 cm³/mol. The van der Waals surface area contributed by atoms with Gasteiger partial charge in [0.05, 0.1) is 44.0 Å². The third kappa shape index (κ3) is 7.25. The Hall–Kier alpha value is -4.25. The number of hydrogen-bond donors (Lipinski definition) is 2. The standard InChI is InChI=1S/C35H35BrN4O5.ClH/c1-21(37-3)34(43)38-29-20-39(33(42)17-23-9-11-24(12-10-23)22(2)41)30-7-5-6-8-31(30)40(35(29)44)19-28-27-15-14-26(36)18-25(27)13-16-32(28)45-4;/h5-16,18,21,29,37H,17,19-20H2,1-4H3,(H,38,43);1H/t21-,29-;/m0./s1. The number of rotatable bonds is 9.